The van der Waals surface area contributed by atoms with Crippen molar-refractivity contribution in [3.05, 3.63) is 57.8 Å². The number of halogens is 1. The van der Waals surface area contributed by atoms with Gasteiger partial charge in [0.2, 0.25) is 0 Å². The molecule has 0 saturated heterocycles. The van der Waals surface area contributed by atoms with Crippen molar-refractivity contribution >= 4 is 5.65 Å². The van der Waals surface area contributed by atoms with Crippen LogP contribution >= 0.6 is 0 Å². The molecular formula is C15H14FN3O. The van der Waals surface area contributed by atoms with Gasteiger partial charge in [-0.3, -0.25) is 9.89 Å². The van der Waals surface area contributed by atoms with Crippen molar-refractivity contribution in [1.82, 2.24) is 14.6 Å². The smallest absolute Gasteiger partial charge is 0.276 e. The van der Waals surface area contributed by atoms with E-state index < -0.39 is 0 Å². The molecule has 0 spiro atoms. The van der Waals surface area contributed by atoms with Gasteiger partial charge in [-0.1, -0.05) is 19.1 Å². The van der Waals surface area contributed by atoms with Gasteiger partial charge in [-0.15, -0.1) is 0 Å². The maximum Gasteiger partial charge on any atom is 0.276 e. The molecule has 0 fully saturated rings. The van der Waals surface area contributed by atoms with E-state index in [1.807, 2.05) is 13.8 Å². The minimum absolute atomic E-state index is 0.0994. The lowest BCUT2D eigenvalue weighted by molar-refractivity contribution is 0.628. The zero-order valence-electron chi connectivity index (χ0n) is 11.3. The average molecular weight is 271 g/mol. The molecule has 5 heteroatoms. The van der Waals surface area contributed by atoms with Crippen LogP contribution in [0.2, 0.25) is 0 Å². The third-order valence-electron chi connectivity index (χ3n) is 3.40. The molecular weight excluding hydrogens is 257 g/mol. The summed E-state index contributed by atoms with van der Waals surface area (Å²) in [6, 6.07) is 7.98. The molecule has 0 aliphatic carbocycles. The van der Waals surface area contributed by atoms with Gasteiger partial charge in [0, 0.05) is 22.9 Å². The van der Waals surface area contributed by atoms with Crippen molar-refractivity contribution in [2.45, 2.75) is 20.3 Å². The highest BCUT2D eigenvalue weighted by Gasteiger charge is 2.11. The molecule has 3 aromatic rings. The average Bonchev–Trinajstić information content (AvgIpc) is 2.83. The van der Waals surface area contributed by atoms with E-state index in [-0.39, 0.29) is 11.4 Å². The van der Waals surface area contributed by atoms with E-state index in [0.29, 0.717) is 28.9 Å². The number of H-pyrrole nitrogens is 1. The number of hydrogen-bond acceptors (Lipinski definition) is 2. The van der Waals surface area contributed by atoms with Gasteiger partial charge in [0.1, 0.15) is 5.82 Å². The lowest BCUT2D eigenvalue weighted by Gasteiger charge is -2.01. The molecule has 0 amide bonds. The van der Waals surface area contributed by atoms with E-state index in [4.69, 9.17) is 0 Å². The minimum Gasteiger partial charge on any atom is -0.289 e. The van der Waals surface area contributed by atoms with Crippen molar-refractivity contribution in [3.63, 3.8) is 0 Å². The highest BCUT2D eigenvalue weighted by Crippen LogP contribution is 2.19. The zero-order valence-corrected chi connectivity index (χ0v) is 11.3. The Morgan fingerprint density at radius 1 is 1.35 bits per heavy atom. The van der Waals surface area contributed by atoms with Crippen molar-refractivity contribution in [2.24, 2.45) is 0 Å². The van der Waals surface area contributed by atoms with Crippen LogP contribution in [0.5, 0.6) is 0 Å². The number of aromatic nitrogens is 3. The first-order valence-corrected chi connectivity index (χ1v) is 6.47. The number of aromatic amines is 1. The quantitative estimate of drug-likeness (QED) is 0.779. The first-order valence-electron chi connectivity index (χ1n) is 6.47. The maximum atomic E-state index is 13.3. The fraction of sp³-hybridized carbons (Fsp3) is 0.200. The molecule has 102 valence electrons. The molecule has 4 nitrogen and oxygen atoms in total. The second-order valence-corrected chi connectivity index (χ2v) is 4.71. The highest BCUT2D eigenvalue weighted by atomic mass is 19.1. The fourth-order valence-corrected chi connectivity index (χ4v) is 2.38. The van der Waals surface area contributed by atoms with E-state index >= 15 is 0 Å². The van der Waals surface area contributed by atoms with Gasteiger partial charge in [0.05, 0.1) is 5.69 Å². The summed E-state index contributed by atoms with van der Waals surface area (Å²) in [5, 5.41) is 2.98. The summed E-state index contributed by atoms with van der Waals surface area (Å²) in [4.78, 5) is 16.7. The molecule has 20 heavy (non-hydrogen) atoms. The van der Waals surface area contributed by atoms with Crippen LogP contribution in [0.15, 0.2) is 35.1 Å². The van der Waals surface area contributed by atoms with Crippen molar-refractivity contribution < 1.29 is 4.39 Å². The Hall–Kier alpha value is -2.43. The predicted molar refractivity (Wildman–Crippen MR) is 75.3 cm³/mol. The summed E-state index contributed by atoms with van der Waals surface area (Å²) < 4.78 is 14.7. The normalized spacial score (nSPS) is 11.2. The second kappa shape index (κ2) is 4.59. The predicted octanol–water partition coefficient (Wildman–Crippen LogP) is 2.70. The number of hydrogen-bond donors (Lipinski definition) is 1. The van der Waals surface area contributed by atoms with E-state index in [1.165, 1.54) is 16.6 Å². The zero-order chi connectivity index (χ0) is 14.3. The summed E-state index contributed by atoms with van der Waals surface area (Å²) in [5.74, 6) is -0.313. The number of nitrogens with one attached hydrogen (secondary N) is 1. The van der Waals surface area contributed by atoms with Crippen LogP contribution in [0.25, 0.3) is 16.9 Å². The SMILES string of the molecule is CCc1c(C)nc2cc(-c3cccc(F)c3)[nH]n2c1=O. The largest absolute Gasteiger partial charge is 0.289 e. The molecule has 2 aromatic heterocycles. The lowest BCUT2D eigenvalue weighted by atomic mass is 10.1. The molecule has 2 heterocycles. The molecule has 0 unspecified atom stereocenters. The summed E-state index contributed by atoms with van der Waals surface area (Å²) in [5.41, 5.74) is 3.23. The first kappa shape index (κ1) is 12.6. The molecule has 1 aromatic carbocycles. The van der Waals surface area contributed by atoms with Crippen molar-refractivity contribution in [3.8, 4) is 11.3 Å². The van der Waals surface area contributed by atoms with Gasteiger partial charge in [-0.2, -0.15) is 0 Å². The maximum absolute atomic E-state index is 13.3. The number of rotatable bonds is 2. The van der Waals surface area contributed by atoms with Gasteiger partial charge in [-0.25, -0.2) is 13.9 Å². The van der Waals surface area contributed by atoms with Gasteiger partial charge in [-0.05, 0) is 25.5 Å². The van der Waals surface area contributed by atoms with Crippen molar-refractivity contribution in [2.75, 3.05) is 0 Å². The molecule has 1 N–H and O–H groups in total. The van der Waals surface area contributed by atoms with E-state index in [2.05, 4.69) is 10.1 Å². The van der Waals surface area contributed by atoms with Gasteiger partial charge in [0.15, 0.2) is 5.65 Å². The van der Waals surface area contributed by atoms with Crippen LogP contribution in [-0.2, 0) is 6.42 Å². The molecule has 0 aliphatic rings. The Balaban J connectivity index is 2.26. The standard InChI is InChI=1S/C15H14FN3O/c1-3-12-9(2)17-14-8-13(18-19(14)15(12)20)10-5-4-6-11(16)7-10/h4-8,18H,3H2,1-2H3. The molecule has 0 radical (unpaired) electrons. The van der Waals surface area contributed by atoms with E-state index in [0.717, 1.165) is 5.69 Å². The number of benzene rings is 1. The summed E-state index contributed by atoms with van der Waals surface area (Å²) in [6.45, 7) is 3.75. The van der Waals surface area contributed by atoms with Gasteiger partial charge < -0.3 is 0 Å². The molecule has 0 saturated carbocycles. The topological polar surface area (TPSA) is 50.2 Å². The third kappa shape index (κ3) is 1.91. The van der Waals surface area contributed by atoms with Gasteiger partial charge >= 0.3 is 0 Å². The summed E-state index contributed by atoms with van der Waals surface area (Å²) in [7, 11) is 0. The van der Waals surface area contributed by atoms with E-state index in [1.54, 1.807) is 18.2 Å². The minimum atomic E-state index is -0.313. The van der Waals surface area contributed by atoms with E-state index in [9.17, 15) is 9.18 Å². The van der Waals surface area contributed by atoms with Crippen LogP contribution < -0.4 is 5.56 Å². The fourth-order valence-electron chi connectivity index (χ4n) is 2.38. The Morgan fingerprint density at radius 2 is 2.15 bits per heavy atom. The van der Waals surface area contributed by atoms with Crippen LogP contribution in [0.4, 0.5) is 4.39 Å². The highest BCUT2D eigenvalue weighted by molar-refractivity contribution is 5.64. The Labute approximate surface area is 114 Å². The monoisotopic (exact) mass is 271 g/mol. The first-order chi connectivity index (χ1) is 9.60. The van der Waals surface area contributed by atoms with Crippen LogP contribution in [0.3, 0.4) is 0 Å². The van der Waals surface area contributed by atoms with Crippen LogP contribution in [-0.4, -0.2) is 14.6 Å². The van der Waals surface area contributed by atoms with Gasteiger partial charge in [0.25, 0.3) is 5.56 Å². The number of fused-ring (bicyclic) bond motifs is 1. The molecule has 0 aliphatic heterocycles. The summed E-state index contributed by atoms with van der Waals surface area (Å²) in [6.07, 6.45) is 0.634. The number of aryl methyl sites for hydroxylation is 1. The van der Waals surface area contributed by atoms with Crippen molar-refractivity contribution in [1.29, 1.82) is 0 Å². The third-order valence-corrected chi connectivity index (χ3v) is 3.40. The Morgan fingerprint density at radius 3 is 2.85 bits per heavy atom. The van der Waals surface area contributed by atoms with Crippen LogP contribution in [0.1, 0.15) is 18.2 Å². The van der Waals surface area contributed by atoms with Crippen LogP contribution in [0, 0.1) is 12.7 Å². The lowest BCUT2D eigenvalue weighted by Crippen LogP contribution is -2.21. The summed E-state index contributed by atoms with van der Waals surface area (Å²) >= 11 is 0. The molecule has 0 atom stereocenters. The Bertz CT molecular complexity index is 848. The second-order valence-electron chi connectivity index (χ2n) is 4.71. The Kier molecular flexibility index (Phi) is 2.89. The number of nitrogens with zero attached hydrogens (tertiary/aromatic N) is 2. The molecule has 3 rings (SSSR count). The molecule has 0 bridgehead atoms.